The van der Waals surface area contributed by atoms with Gasteiger partial charge in [0.1, 0.15) is 17.6 Å². The Morgan fingerprint density at radius 1 is 0.895 bits per heavy atom. The van der Waals surface area contributed by atoms with E-state index in [1.54, 1.807) is 7.11 Å². The Hall–Kier alpha value is -1.96. The van der Waals surface area contributed by atoms with Gasteiger partial charge in [0.05, 0.1) is 7.11 Å². The molecule has 0 aliphatic carbocycles. The van der Waals surface area contributed by atoms with E-state index in [9.17, 15) is 0 Å². The summed E-state index contributed by atoms with van der Waals surface area (Å²) < 4.78 is 11.1. The molecule has 2 aromatic carbocycles. The van der Waals surface area contributed by atoms with Crippen molar-refractivity contribution >= 4 is 0 Å². The van der Waals surface area contributed by atoms with Crippen LogP contribution in [0.4, 0.5) is 0 Å². The summed E-state index contributed by atoms with van der Waals surface area (Å²) in [7, 11) is 1.66. The number of hydrogen-bond acceptors (Lipinski definition) is 2. The molecule has 0 N–H and O–H groups in total. The maximum Gasteiger partial charge on any atom is 0.121 e. The fraction of sp³-hybridized carbons (Fsp3) is 0.294. The van der Waals surface area contributed by atoms with Crippen molar-refractivity contribution in [2.75, 3.05) is 7.11 Å². The molecule has 100 valence electrons. The maximum absolute atomic E-state index is 5.98. The lowest BCUT2D eigenvalue weighted by Gasteiger charge is -2.18. The van der Waals surface area contributed by atoms with Gasteiger partial charge in [-0.15, -0.1) is 0 Å². The molecular formula is C17H20O2. The van der Waals surface area contributed by atoms with Crippen molar-refractivity contribution in [1.82, 2.24) is 0 Å². The number of rotatable bonds is 4. The van der Waals surface area contributed by atoms with Gasteiger partial charge in [-0.1, -0.05) is 18.2 Å². The molecule has 0 amide bonds. The predicted octanol–water partition coefficient (Wildman–Crippen LogP) is 4.45. The Balaban J connectivity index is 2.15. The molecule has 2 heteroatoms. The van der Waals surface area contributed by atoms with E-state index in [-0.39, 0.29) is 6.10 Å². The van der Waals surface area contributed by atoms with Crippen LogP contribution in [0.5, 0.6) is 11.5 Å². The van der Waals surface area contributed by atoms with Crippen LogP contribution < -0.4 is 9.47 Å². The standard InChI is InChI=1S/C17H20O2/c1-12-6-5-7-17(13(12)2)14(3)19-16-10-8-15(18-4)9-11-16/h5-11,14H,1-4H3. The lowest BCUT2D eigenvalue weighted by atomic mass is 10.00. The highest BCUT2D eigenvalue weighted by atomic mass is 16.5. The summed E-state index contributed by atoms with van der Waals surface area (Å²) in [6, 6.07) is 14.0. The van der Waals surface area contributed by atoms with Crippen LogP contribution in [0.1, 0.15) is 29.7 Å². The molecule has 0 saturated carbocycles. The van der Waals surface area contributed by atoms with Crippen LogP contribution in [0.3, 0.4) is 0 Å². The SMILES string of the molecule is COc1ccc(OC(C)c2cccc(C)c2C)cc1. The molecule has 1 atom stereocenters. The second-order valence-corrected chi connectivity index (χ2v) is 4.72. The van der Waals surface area contributed by atoms with E-state index in [1.807, 2.05) is 24.3 Å². The summed E-state index contributed by atoms with van der Waals surface area (Å²) >= 11 is 0. The Morgan fingerprint density at radius 3 is 2.16 bits per heavy atom. The van der Waals surface area contributed by atoms with Crippen LogP contribution in [-0.4, -0.2) is 7.11 Å². The minimum Gasteiger partial charge on any atom is -0.497 e. The van der Waals surface area contributed by atoms with E-state index in [4.69, 9.17) is 9.47 Å². The maximum atomic E-state index is 5.98. The highest BCUT2D eigenvalue weighted by Crippen LogP contribution is 2.26. The second kappa shape index (κ2) is 5.79. The number of methoxy groups -OCH3 is 1. The number of hydrogen-bond donors (Lipinski definition) is 0. The third-order valence-electron chi connectivity index (χ3n) is 3.46. The van der Waals surface area contributed by atoms with Gasteiger partial charge in [0.15, 0.2) is 0 Å². The third-order valence-corrected chi connectivity index (χ3v) is 3.46. The molecule has 19 heavy (non-hydrogen) atoms. The quantitative estimate of drug-likeness (QED) is 0.804. The Labute approximate surface area is 115 Å². The molecule has 2 nitrogen and oxygen atoms in total. The zero-order chi connectivity index (χ0) is 13.8. The summed E-state index contributed by atoms with van der Waals surface area (Å²) in [4.78, 5) is 0. The van der Waals surface area contributed by atoms with Crippen LogP contribution in [0, 0.1) is 13.8 Å². The minimum absolute atomic E-state index is 0.0355. The predicted molar refractivity (Wildman–Crippen MR) is 78.0 cm³/mol. The number of aryl methyl sites for hydroxylation is 1. The third kappa shape index (κ3) is 3.08. The van der Waals surface area contributed by atoms with E-state index < -0.39 is 0 Å². The van der Waals surface area contributed by atoms with E-state index in [0.717, 1.165) is 11.5 Å². The molecule has 0 aliphatic heterocycles. The van der Waals surface area contributed by atoms with Gasteiger partial charge in [0.2, 0.25) is 0 Å². The van der Waals surface area contributed by atoms with E-state index in [0.29, 0.717) is 0 Å². The smallest absolute Gasteiger partial charge is 0.121 e. The first kappa shape index (κ1) is 13.5. The molecule has 0 saturated heterocycles. The van der Waals surface area contributed by atoms with Gasteiger partial charge in [-0.2, -0.15) is 0 Å². The van der Waals surface area contributed by atoms with E-state index in [2.05, 4.69) is 39.0 Å². The Morgan fingerprint density at radius 2 is 1.53 bits per heavy atom. The largest absolute Gasteiger partial charge is 0.497 e. The van der Waals surface area contributed by atoms with Crippen LogP contribution in [0.15, 0.2) is 42.5 Å². The molecule has 0 heterocycles. The first-order valence-electron chi connectivity index (χ1n) is 6.48. The van der Waals surface area contributed by atoms with Gasteiger partial charge in [-0.25, -0.2) is 0 Å². The lowest BCUT2D eigenvalue weighted by Crippen LogP contribution is -2.05. The summed E-state index contributed by atoms with van der Waals surface area (Å²) in [5, 5.41) is 0. The highest BCUT2D eigenvalue weighted by Gasteiger charge is 2.11. The zero-order valence-electron chi connectivity index (χ0n) is 11.9. The molecule has 0 fully saturated rings. The lowest BCUT2D eigenvalue weighted by molar-refractivity contribution is 0.226. The van der Waals surface area contributed by atoms with Crippen molar-refractivity contribution in [2.24, 2.45) is 0 Å². The molecule has 0 radical (unpaired) electrons. The molecule has 0 aliphatic rings. The van der Waals surface area contributed by atoms with Crippen molar-refractivity contribution < 1.29 is 9.47 Å². The van der Waals surface area contributed by atoms with Crippen LogP contribution in [-0.2, 0) is 0 Å². The van der Waals surface area contributed by atoms with Gasteiger partial charge < -0.3 is 9.47 Å². The van der Waals surface area contributed by atoms with Gasteiger partial charge in [-0.3, -0.25) is 0 Å². The van der Waals surface area contributed by atoms with Crippen molar-refractivity contribution in [3.05, 3.63) is 59.2 Å². The summed E-state index contributed by atoms with van der Waals surface area (Å²) in [6.07, 6.45) is 0.0355. The van der Waals surface area contributed by atoms with Crippen LogP contribution >= 0.6 is 0 Å². The summed E-state index contributed by atoms with van der Waals surface area (Å²) in [6.45, 7) is 6.34. The van der Waals surface area contributed by atoms with Gasteiger partial charge in [0, 0.05) is 0 Å². The van der Waals surface area contributed by atoms with Gasteiger partial charge in [-0.05, 0) is 61.7 Å². The molecule has 1 unspecified atom stereocenters. The topological polar surface area (TPSA) is 18.5 Å². The molecule has 2 rings (SSSR count). The first-order valence-corrected chi connectivity index (χ1v) is 6.48. The summed E-state index contributed by atoms with van der Waals surface area (Å²) in [5.41, 5.74) is 3.82. The molecule has 0 spiro atoms. The first-order chi connectivity index (χ1) is 9.11. The molecule has 0 bridgehead atoms. The fourth-order valence-corrected chi connectivity index (χ4v) is 2.14. The molecular weight excluding hydrogens is 236 g/mol. The van der Waals surface area contributed by atoms with Gasteiger partial charge >= 0.3 is 0 Å². The minimum atomic E-state index is 0.0355. The van der Waals surface area contributed by atoms with Crippen LogP contribution in [0.25, 0.3) is 0 Å². The average molecular weight is 256 g/mol. The highest BCUT2D eigenvalue weighted by molar-refractivity contribution is 5.36. The van der Waals surface area contributed by atoms with Crippen molar-refractivity contribution in [1.29, 1.82) is 0 Å². The second-order valence-electron chi connectivity index (χ2n) is 4.72. The average Bonchev–Trinajstić information content (AvgIpc) is 2.42. The van der Waals surface area contributed by atoms with Crippen molar-refractivity contribution in [3.8, 4) is 11.5 Å². The monoisotopic (exact) mass is 256 g/mol. The van der Waals surface area contributed by atoms with E-state index in [1.165, 1.54) is 16.7 Å². The Bertz CT molecular complexity index is 544. The summed E-state index contributed by atoms with van der Waals surface area (Å²) in [5.74, 6) is 1.70. The van der Waals surface area contributed by atoms with Crippen LogP contribution in [0.2, 0.25) is 0 Å². The zero-order valence-corrected chi connectivity index (χ0v) is 11.9. The van der Waals surface area contributed by atoms with E-state index >= 15 is 0 Å². The number of benzene rings is 2. The van der Waals surface area contributed by atoms with Gasteiger partial charge in [0.25, 0.3) is 0 Å². The Kier molecular flexibility index (Phi) is 4.10. The molecule has 2 aromatic rings. The van der Waals surface area contributed by atoms with Crippen molar-refractivity contribution in [3.63, 3.8) is 0 Å². The fourth-order valence-electron chi connectivity index (χ4n) is 2.14. The van der Waals surface area contributed by atoms with Crippen molar-refractivity contribution in [2.45, 2.75) is 26.9 Å². The molecule has 0 aromatic heterocycles. The number of ether oxygens (including phenoxy) is 2. The normalized spacial score (nSPS) is 12.0.